The van der Waals surface area contributed by atoms with Crippen LogP contribution in [0.5, 0.6) is 0 Å². The molecule has 8 heteroatoms. The average molecular weight is 264 g/mol. The minimum absolute atomic E-state index is 0.128. The van der Waals surface area contributed by atoms with E-state index >= 15 is 0 Å². The Morgan fingerprint density at radius 1 is 1.53 bits per heavy atom. The van der Waals surface area contributed by atoms with Crippen molar-refractivity contribution >= 4 is 11.9 Å². The molecule has 0 saturated heterocycles. The summed E-state index contributed by atoms with van der Waals surface area (Å²) in [6, 6.07) is 1.63. The number of hydrogen-bond donors (Lipinski definition) is 2. The summed E-state index contributed by atoms with van der Waals surface area (Å²) >= 11 is 0. The lowest BCUT2D eigenvalue weighted by Crippen LogP contribution is -2.27. The molecule has 2 heterocycles. The normalized spacial score (nSPS) is 10.4. The second-order valence-corrected chi connectivity index (χ2v) is 3.87. The number of rotatable bonds is 5. The molecule has 2 rings (SSSR count). The predicted octanol–water partition coefficient (Wildman–Crippen LogP) is 0.308. The molecule has 0 aliphatic heterocycles. The molecule has 0 bridgehead atoms. The van der Waals surface area contributed by atoms with E-state index in [9.17, 15) is 9.59 Å². The number of carboxylic acids is 1. The molecule has 8 nitrogen and oxygen atoms in total. The van der Waals surface area contributed by atoms with Gasteiger partial charge in [-0.3, -0.25) is 4.79 Å². The van der Waals surface area contributed by atoms with Crippen molar-refractivity contribution < 1.29 is 19.1 Å². The highest BCUT2D eigenvalue weighted by Gasteiger charge is 2.10. The van der Waals surface area contributed by atoms with E-state index in [0.717, 1.165) is 0 Å². The van der Waals surface area contributed by atoms with Crippen molar-refractivity contribution in [2.45, 2.75) is 13.5 Å². The Balaban J connectivity index is 1.83. The molecule has 100 valence electrons. The minimum atomic E-state index is -1.14. The highest BCUT2D eigenvalue weighted by atomic mass is 16.4. The number of nitrogens with one attached hydrogen (secondary N) is 1. The molecular weight excluding hydrogens is 252 g/mol. The molecule has 1 amide bonds. The third-order valence-corrected chi connectivity index (χ3v) is 2.38. The first-order chi connectivity index (χ1) is 9.06. The molecule has 2 aromatic rings. The number of aryl methyl sites for hydroxylation is 1. The lowest BCUT2D eigenvalue weighted by molar-refractivity contribution is 0.0690. The zero-order chi connectivity index (χ0) is 13.8. The number of carboxylic acid groups (broad SMARTS) is 1. The molecule has 0 spiro atoms. The summed E-state index contributed by atoms with van der Waals surface area (Å²) in [4.78, 5) is 22.2. The predicted molar refractivity (Wildman–Crippen MR) is 62.8 cm³/mol. The van der Waals surface area contributed by atoms with Gasteiger partial charge in [0.1, 0.15) is 12.0 Å². The maximum atomic E-state index is 11.7. The number of aromatic nitrogens is 3. The molecule has 2 N–H and O–H groups in total. The van der Waals surface area contributed by atoms with Crippen LogP contribution in [0.15, 0.2) is 22.9 Å². The van der Waals surface area contributed by atoms with Gasteiger partial charge in [0.2, 0.25) is 0 Å². The molecule has 0 radical (unpaired) electrons. The van der Waals surface area contributed by atoms with Gasteiger partial charge < -0.3 is 14.8 Å². The van der Waals surface area contributed by atoms with E-state index in [-0.39, 0.29) is 11.6 Å². The summed E-state index contributed by atoms with van der Waals surface area (Å²) in [5, 5.41) is 18.4. The monoisotopic (exact) mass is 264 g/mol. The van der Waals surface area contributed by atoms with E-state index in [1.54, 1.807) is 13.0 Å². The first kappa shape index (κ1) is 12.8. The third kappa shape index (κ3) is 3.18. The van der Waals surface area contributed by atoms with Gasteiger partial charge >= 0.3 is 5.97 Å². The SMILES string of the molecule is Cc1cc(C(=O)NCCn2cc(C(=O)O)nn2)co1. The van der Waals surface area contributed by atoms with Crippen LogP contribution in [0, 0.1) is 6.92 Å². The summed E-state index contributed by atoms with van der Waals surface area (Å²) in [7, 11) is 0. The maximum absolute atomic E-state index is 11.7. The van der Waals surface area contributed by atoms with Crippen LogP contribution in [-0.4, -0.2) is 38.5 Å². The zero-order valence-corrected chi connectivity index (χ0v) is 10.2. The van der Waals surface area contributed by atoms with Crippen LogP contribution >= 0.6 is 0 Å². The first-order valence-electron chi connectivity index (χ1n) is 5.53. The van der Waals surface area contributed by atoms with Gasteiger partial charge in [-0.25, -0.2) is 9.48 Å². The topological polar surface area (TPSA) is 110 Å². The van der Waals surface area contributed by atoms with Gasteiger partial charge in [0.15, 0.2) is 5.69 Å². The number of carbonyl (C=O) groups is 2. The Morgan fingerprint density at radius 2 is 2.32 bits per heavy atom. The molecular formula is C11H12N4O4. The second kappa shape index (κ2) is 5.34. The van der Waals surface area contributed by atoms with E-state index in [4.69, 9.17) is 9.52 Å². The summed E-state index contributed by atoms with van der Waals surface area (Å²) in [5.74, 6) is -0.730. The molecule has 2 aromatic heterocycles. The van der Waals surface area contributed by atoms with Crippen molar-refractivity contribution in [1.29, 1.82) is 0 Å². The number of amides is 1. The Hall–Kier alpha value is -2.64. The summed E-state index contributed by atoms with van der Waals surface area (Å²) in [6.45, 7) is 2.40. The summed E-state index contributed by atoms with van der Waals surface area (Å²) < 4.78 is 6.38. The molecule has 0 saturated carbocycles. The van der Waals surface area contributed by atoms with Crippen LogP contribution in [0.25, 0.3) is 0 Å². The van der Waals surface area contributed by atoms with Crippen molar-refractivity contribution in [1.82, 2.24) is 20.3 Å². The molecule has 0 aromatic carbocycles. The Labute approximate surface area is 108 Å². The summed E-state index contributed by atoms with van der Waals surface area (Å²) in [5.41, 5.74) is 0.319. The van der Waals surface area contributed by atoms with Crippen LogP contribution in [0.4, 0.5) is 0 Å². The average Bonchev–Trinajstić information content (AvgIpc) is 2.98. The number of furan rings is 1. The van der Waals surface area contributed by atoms with Crippen molar-refractivity contribution in [3.63, 3.8) is 0 Å². The van der Waals surface area contributed by atoms with Crippen LogP contribution < -0.4 is 5.32 Å². The van der Waals surface area contributed by atoms with Crippen molar-refractivity contribution in [2.75, 3.05) is 6.54 Å². The fourth-order valence-electron chi connectivity index (χ4n) is 1.45. The standard InChI is InChI=1S/C11H12N4O4/c1-7-4-8(6-19-7)10(16)12-2-3-15-5-9(11(17)18)13-14-15/h4-6H,2-3H2,1H3,(H,12,16)(H,17,18). The molecule has 0 aliphatic carbocycles. The largest absolute Gasteiger partial charge is 0.476 e. The highest BCUT2D eigenvalue weighted by Crippen LogP contribution is 2.05. The maximum Gasteiger partial charge on any atom is 0.358 e. The van der Waals surface area contributed by atoms with Gasteiger partial charge in [-0.05, 0) is 13.0 Å². The smallest absolute Gasteiger partial charge is 0.358 e. The lowest BCUT2D eigenvalue weighted by atomic mass is 10.3. The van der Waals surface area contributed by atoms with Crippen molar-refractivity contribution in [2.24, 2.45) is 0 Å². The Kier molecular flexibility index (Phi) is 3.60. The number of aromatic carboxylic acids is 1. The van der Waals surface area contributed by atoms with E-state index < -0.39 is 5.97 Å². The lowest BCUT2D eigenvalue weighted by Gasteiger charge is -2.02. The molecule has 0 unspecified atom stereocenters. The van der Waals surface area contributed by atoms with Crippen molar-refractivity contribution in [3.05, 3.63) is 35.5 Å². The Morgan fingerprint density at radius 3 is 2.89 bits per heavy atom. The van der Waals surface area contributed by atoms with Gasteiger partial charge in [0.25, 0.3) is 5.91 Å². The zero-order valence-electron chi connectivity index (χ0n) is 10.2. The van der Waals surface area contributed by atoms with Gasteiger partial charge in [0.05, 0.1) is 18.3 Å². The second-order valence-electron chi connectivity index (χ2n) is 3.87. The quantitative estimate of drug-likeness (QED) is 0.804. The van der Waals surface area contributed by atoms with Crippen molar-refractivity contribution in [3.8, 4) is 0 Å². The van der Waals surface area contributed by atoms with E-state index in [1.165, 1.54) is 17.1 Å². The number of hydrogen-bond acceptors (Lipinski definition) is 5. The van der Waals surface area contributed by atoms with Gasteiger partial charge in [0, 0.05) is 6.54 Å². The van der Waals surface area contributed by atoms with Gasteiger partial charge in [-0.2, -0.15) is 0 Å². The first-order valence-corrected chi connectivity index (χ1v) is 5.53. The fourth-order valence-corrected chi connectivity index (χ4v) is 1.45. The molecule has 0 atom stereocenters. The van der Waals surface area contributed by atoms with Crippen LogP contribution in [0.2, 0.25) is 0 Å². The van der Waals surface area contributed by atoms with Crippen LogP contribution in [-0.2, 0) is 6.54 Å². The minimum Gasteiger partial charge on any atom is -0.476 e. The van der Waals surface area contributed by atoms with Gasteiger partial charge in [-0.1, -0.05) is 5.21 Å². The van der Waals surface area contributed by atoms with E-state index in [0.29, 0.717) is 24.4 Å². The Bertz CT molecular complexity index is 601. The fraction of sp³-hybridized carbons (Fsp3) is 0.273. The third-order valence-electron chi connectivity index (χ3n) is 2.38. The molecule has 0 fully saturated rings. The molecule has 0 aliphatic rings. The number of carbonyl (C=O) groups excluding carboxylic acids is 1. The molecule has 19 heavy (non-hydrogen) atoms. The van der Waals surface area contributed by atoms with Gasteiger partial charge in [-0.15, -0.1) is 5.10 Å². The van der Waals surface area contributed by atoms with Crippen LogP contribution in [0.1, 0.15) is 26.6 Å². The van der Waals surface area contributed by atoms with E-state index in [2.05, 4.69) is 15.6 Å². The van der Waals surface area contributed by atoms with Crippen LogP contribution in [0.3, 0.4) is 0 Å². The van der Waals surface area contributed by atoms with E-state index in [1.807, 2.05) is 0 Å². The number of nitrogens with zero attached hydrogens (tertiary/aromatic N) is 3. The summed E-state index contributed by atoms with van der Waals surface area (Å²) in [6.07, 6.45) is 2.68. The highest BCUT2D eigenvalue weighted by molar-refractivity contribution is 5.93.